The van der Waals surface area contributed by atoms with Crippen LogP contribution in [0.1, 0.15) is 0 Å². The Hall–Kier alpha value is -8.98. The molecule has 2 heteroatoms. The molecule has 0 aliphatic carbocycles. The number of nitrogens with zero attached hydrogens (tertiary/aromatic N) is 1. The maximum absolute atomic E-state index is 6.63. The lowest BCUT2D eigenvalue weighted by molar-refractivity contribution is 0.632. The van der Waals surface area contributed by atoms with Crippen molar-refractivity contribution in [1.29, 1.82) is 0 Å². The summed E-state index contributed by atoms with van der Waals surface area (Å²) in [5, 5.41) is 3.60. The molecule has 0 amide bonds. The van der Waals surface area contributed by atoms with Gasteiger partial charge in [0.15, 0.2) is 0 Å². The Morgan fingerprint density at radius 3 is 1.40 bits per heavy atom. The summed E-state index contributed by atoms with van der Waals surface area (Å²) in [4.78, 5) is 2.39. The largest absolute Gasteiger partial charge is 0.455 e. The normalized spacial score (nSPS) is 11.2. The molecule has 12 rings (SSSR count). The van der Waals surface area contributed by atoms with E-state index >= 15 is 0 Å². The number of hydrogen-bond acceptors (Lipinski definition) is 2. The first-order valence-corrected chi connectivity index (χ1v) is 23.2. The highest BCUT2D eigenvalue weighted by molar-refractivity contribution is 6.02. The maximum Gasteiger partial charge on any atom is 0.143 e. The van der Waals surface area contributed by atoms with Gasteiger partial charge in [-0.1, -0.05) is 218 Å². The van der Waals surface area contributed by atoms with Crippen LogP contribution in [0.5, 0.6) is 0 Å². The Morgan fingerprint density at radius 2 is 0.706 bits per heavy atom. The summed E-state index contributed by atoms with van der Waals surface area (Å²) in [5.74, 6) is 0.874. The van der Waals surface area contributed by atoms with Crippen LogP contribution in [0.3, 0.4) is 0 Å². The Kier molecular flexibility index (Phi) is 10.6. The first-order valence-electron chi connectivity index (χ1n) is 23.2. The van der Waals surface area contributed by atoms with E-state index in [-0.39, 0.29) is 0 Å². The second-order valence-corrected chi connectivity index (χ2v) is 17.3. The SMILES string of the molecule is c1ccc(-c2ccc(-c3ccccc3N(c3ccc(-c4cccc(-c5ccc6ccccc6c5)c4)cc3)c3ccc(-c4cccc(-c5oc6ccccc6c5-c5ccccc5)c4)cc3)cc2)cc1. The zero-order valence-electron chi connectivity index (χ0n) is 37.3. The number of hydrogen-bond donors (Lipinski definition) is 0. The van der Waals surface area contributed by atoms with Gasteiger partial charge in [0.25, 0.3) is 0 Å². The van der Waals surface area contributed by atoms with Crippen molar-refractivity contribution >= 4 is 38.8 Å². The molecule has 0 bridgehead atoms. The van der Waals surface area contributed by atoms with Crippen LogP contribution >= 0.6 is 0 Å². The fourth-order valence-corrected chi connectivity index (χ4v) is 9.65. The zero-order chi connectivity index (χ0) is 45.2. The molecule has 11 aromatic carbocycles. The molecule has 0 aliphatic rings. The summed E-state index contributed by atoms with van der Waals surface area (Å²) in [7, 11) is 0. The lowest BCUT2D eigenvalue weighted by Crippen LogP contribution is -2.11. The molecule has 320 valence electrons. The number of fused-ring (bicyclic) bond motifs is 2. The minimum atomic E-state index is 0.874. The van der Waals surface area contributed by atoms with Crippen LogP contribution in [0.2, 0.25) is 0 Å². The predicted octanol–water partition coefficient (Wildman–Crippen LogP) is 18.7. The van der Waals surface area contributed by atoms with Crippen LogP contribution in [0.25, 0.3) is 99.8 Å². The maximum atomic E-state index is 6.63. The molecule has 68 heavy (non-hydrogen) atoms. The average molecular weight is 868 g/mol. The van der Waals surface area contributed by atoms with Gasteiger partial charge >= 0.3 is 0 Å². The van der Waals surface area contributed by atoms with E-state index in [1.165, 1.54) is 38.6 Å². The molecule has 1 aromatic heterocycles. The van der Waals surface area contributed by atoms with E-state index in [9.17, 15) is 0 Å². The Morgan fingerprint density at radius 1 is 0.265 bits per heavy atom. The van der Waals surface area contributed by atoms with E-state index in [0.29, 0.717) is 0 Å². The third-order valence-corrected chi connectivity index (χ3v) is 13.1. The van der Waals surface area contributed by atoms with Gasteiger partial charge in [-0.3, -0.25) is 0 Å². The number of para-hydroxylation sites is 2. The van der Waals surface area contributed by atoms with Crippen molar-refractivity contribution in [3.05, 3.63) is 273 Å². The highest BCUT2D eigenvalue weighted by atomic mass is 16.3. The highest BCUT2D eigenvalue weighted by Crippen LogP contribution is 2.44. The fourth-order valence-electron chi connectivity index (χ4n) is 9.65. The molecule has 0 aliphatic heterocycles. The van der Waals surface area contributed by atoms with Crippen LogP contribution < -0.4 is 4.90 Å². The Labute approximate surface area is 397 Å². The van der Waals surface area contributed by atoms with E-state index in [1.54, 1.807) is 0 Å². The van der Waals surface area contributed by atoms with Crippen LogP contribution in [0, 0.1) is 0 Å². The lowest BCUT2D eigenvalue weighted by atomic mass is 9.96. The molecular formula is C66H45NO. The van der Waals surface area contributed by atoms with E-state index < -0.39 is 0 Å². The van der Waals surface area contributed by atoms with Gasteiger partial charge in [-0.15, -0.1) is 0 Å². The minimum Gasteiger partial charge on any atom is -0.455 e. The summed E-state index contributed by atoms with van der Waals surface area (Å²) in [6, 6.07) is 97.9. The van der Waals surface area contributed by atoms with E-state index in [0.717, 1.165) is 78.3 Å². The van der Waals surface area contributed by atoms with Gasteiger partial charge in [0, 0.05) is 33.5 Å². The minimum absolute atomic E-state index is 0.874. The molecule has 2 nitrogen and oxygen atoms in total. The second-order valence-electron chi connectivity index (χ2n) is 17.3. The monoisotopic (exact) mass is 867 g/mol. The van der Waals surface area contributed by atoms with Gasteiger partial charge in [0.05, 0.1) is 5.69 Å². The van der Waals surface area contributed by atoms with Crippen LogP contribution in [-0.2, 0) is 0 Å². The first kappa shape index (κ1) is 40.5. The molecular weight excluding hydrogens is 823 g/mol. The molecule has 12 aromatic rings. The van der Waals surface area contributed by atoms with Gasteiger partial charge in [0.2, 0.25) is 0 Å². The quantitative estimate of drug-likeness (QED) is 0.136. The first-order chi connectivity index (χ1) is 33.7. The molecule has 0 N–H and O–H groups in total. The van der Waals surface area contributed by atoms with Gasteiger partial charge in [-0.25, -0.2) is 0 Å². The summed E-state index contributed by atoms with van der Waals surface area (Å²) < 4.78 is 6.63. The van der Waals surface area contributed by atoms with E-state index in [2.05, 4.69) is 272 Å². The van der Waals surface area contributed by atoms with Crippen LogP contribution in [0.15, 0.2) is 277 Å². The molecule has 0 unspecified atom stereocenters. The number of furan rings is 1. The van der Waals surface area contributed by atoms with Crippen LogP contribution in [-0.4, -0.2) is 0 Å². The molecule has 0 atom stereocenters. The van der Waals surface area contributed by atoms with E-state index in [1.807, 2.05) is 6.07 Å². The summed E-state index contributed by atoms with van der Waals surface area (Å²) in [6.07, 6.45) is 0. The molecule has 0 saturated heterocycles. The third-order valence-electron chi connectivity index (χ3n) is 13.1. The molecule has 0 spiro atoms. The van der Waals surface area contributed by atoms with Gasteiger partial charge in [-0.2, -0.15) is 0 Å². The predicted molar refractivity (Wildman–Crippen MR) is 286 cm³/mol. The Bertz CT molecular complexity index is 3700. The molecule has 0 fully saturated rings. The van der Waals surface area contributed by atoms with Gasteiger partial charge in [0.1, 0.15) is 11.3 Å². The van der Waals surface area contributed by atoms with Crippen molar-refractivity contribution in [2.45, 2.75) is 0 Å². The van der Waals surface area contributed by atoms with Crippen molar-refractivity contribution in [2.75, 3.05) is 4.90 Å². The highest BCUT2D eigenvalue weighted by Gasteiger charge is 2.20. The van der Waals surface area contributed by atoms with E-state index in [4.69, 9.17) is 4.42 Å². The smallest absolute Gasteiger partial charge is 0.143 e. The topological polar surface area (TPSA) is 16.4 Å². The third kappa shape index (κ3) is 7.85. The van der Waals surface area contributed by atoms with Crippen molar-refractivity contribution in [3.63, 3.8) is 0 Å². The number of anilines is 3. The standard InChI is InChI=1S/C66H45NO/c1-3-15-46(16-4-1)48-29-32-51(33-30-48)61-25-9-11-27-63(61)67(59-39-35-49(36-40-59)54-21-13-23-56(43-54)57-34-31-47-17-7-8-20-53(47)44-57)60-41-37-50(38-42-60)55-22-14-24-58(45-55)66-65(52-18-5-2-6-19-52)62-26-10-12-28-64(62)68-66/h1-45H. The second kappa shape index (κ2) is 17.8. The fraction of sp³-hybridized carbons (Fsp3) is 0. The molecule has 0 radical (unpaired) electrons. The summed E-state index contributed by atoms with van der Waals surface area (Å²) in [6.45, 7) is 0. The number of rotatable bonds is 10. The van der Waals surface area contributed by atoms with Crippen molar-refractivity contribution in [3.8, 4) is 78.1 Å². The van der Waals surface area contributed by atoms with Gasteiger partial charge < -0.3 is 9.32 Å². The van der Waals surface area contributed by atoms with Crippen molar-refractivity contribution in [2.24, 2.45) is 0 Å². The van der Waals surface area contributed by atoms with Gasteiger partial charge in [-0.05, 0) is 121 Å². The summed E-state index contributed by atoms with van der Waals surface area (Å²) in [5.41, 5.74) is 19.1. The molecule has 1 heterocycles. The average Bonchev–Trinajstić information content (AvgIpc) is 3.82. The van der Waals surface area contributed by atoms with Crippen molar-refractivity contribution in [1.82, 2.24) is 0 Å². The Balaban J connectivity index is 0.919. The zero-order valence-corrected chi connectivity index (χ0v) is 37.3. The lowest BCUT2D eigenvalue weighted by Gasteiger charge is -2.28. The summed E-state index contributed by atoms with van der Waals surface area (Å²) >= 11 is 0. The molecule has 0 saturated carbocycles. The van der Waals surface area contributed by atoms with Crippen molar-refractivity contribution < 1.29 is 4.42 Å². The van der Waals surface area contributed by atoms with Crippen LogP contribution in [0.4, 0.5) is 17.1 Å². The number of benzene rings is 11.